The van der Waals surface area contributed by atoms with Gasteiger partial charge in [0.1, 0.15) is 0 Å². The molecule has 10 nitrogen and oxygen atoms in total. The van der Waals surface area contributed by atoms with Crippen molar-refractivity contribution in [3.63, 3.8) is 0 Å². The first kappa shape index (κ1) is 24.0. The molecule has 0 radical (unpaired) electrons. The molecule has 0 amide bonds. The Morgan fingerprint density at radius 2 is 2.14 bits per heavy atom. The number of alkyl halides is 2. The van der Waals surface area contributed by atoms with Gasteiger partial charge in [-0.1, -0.05) is 0 Å². The van der Waals surface area contributed by atoms with Crippen LogP contribution in [-0.4, -0.2) is 43.4 Å². The fourth-order valence-corrected chi connectivity index (χ4v) is 4.36. The zero-order valence-electron chi connectivity index (χ0n) is 19.1. The maximum Gasteiger partial charge on any atom is 0.305 e. The Balaban J connectivity index is 1.85. The highest BCUT2D eigenvalue weighted by Gasteiger charge is 2.30. The van der Waals surface area contributed by atoms with Gasteiger partial charge in [-0.2, -0.15) is 5.10 Å². The number of benzene rings is 1. The highest BCUT2D eigenvalue weighted by atomic mass is 19.3. The van der Waals surface area contributed by atoms with Gasteiger partial charge < -0.3 is 15.3 Å². The highest BCUT2D eigenvalue weighted by molar-refractivity contribution is 5.84. The van der Waals surface area contributed by atoms with Gasteiger partial charge in [-0.25, -0.2) is 13.8 Å². The van der Waals surface area contributed by atoms with Crippen LogP contribution in [-0.2, 0) is 18.3 Å². The van der Waals surface area contributed by atoms with Gasteiger partial charge in [-0.15, -0.1) is 0 Å². The fraction of sp³-hybridized carbons (Fsp3) is 0.348. The predicted octanol–water partition coefficient (Wildman–Crippen LogP) is 4.69. The highest BCUT2D eigenvalue weighted by Crippen LogP contribution is 2.44. The van der Waals surface area contributed by atoms with Crippen molar-refractivity contribution in [2.24, 2.45) is 7.05 Å². The first-order valence-corrected chi connectivity index (χ1v) is 11.0. The number of rotatable bonds is 8. The normalized spacial score (nSPS) is 14.0. The number of carbonyl (C=O) groups is 1. The van der Waals surface area contributed by atoms with Crippen LogP contribution in [0.25, 0.3) is 11.1 Å². The quantitative estimate of drug-likeness (QED) is 0.347. The molecule has 0 bridgehead atoms. The van der Waals surface area contributed by atoms with Crippen LogP contribution in [0, 0.1) is 10.1 Å². The molecule has 0 saturated heterocycles. The summed E-state index contributed by atoms with van der Waals surface area (Å²) >= 11 is 0. The number of fused-ring (bicyclic) bond motifs is 1. The van der Waals surface area contributed by atoms with Crippen LogP contribution in [0.2, 0.25) is 0 Å². The number of hydrogen-bond acceptors (Lipinski definition) is 7. The van der Waals surface area contributed by atoms with Crippen molar-refractivity contribution in [2.75, 3.05) is 16.8 Å². The molecule has 1 aliphatic rings. The number of carboxylic acids is 1. The van der Waals surface area contributed by atoms with Gasteiger partial charge in [-0.3, -0.25) is 19.6 Å². The fourth-order valence-electron chi connectivity index (χ4n) is 4.36. The van der Waals surface area contributed by atoms with Crippen LogP contribution >= 0.6 is 0 Å². The second-order valence-corrected chi connectivity index (χ2v) is 8.46. The molecule has 3 heterocycles. The van der Waals surface area contributed by atoms with E-state index in [0.29, 0.717) is 36.2 Å². The third-order valence-corrected chi connectivity index (χ3v) is 5.85. The number of nitrogens with one attached hydrogen (secondary N) is 1. The number of pyridine rings is 1. The molecule has 1 aliphatic heterocycles. The van der Waals surface area contributed by atoms with Crippen molar-refractivity contribution in [3.8, 4) is 11.1 Å². The molecule has 1 aromatic carbocycles. The Labute approximate surface area is 199 Å². The monoisotopic (exact) mass is 486 g/mol. The van der Waals surface area contributed by atoms with Gasteiger partial charge in [0.25, 0.3) is 12.1 Å². The first-order valence-electron chi connectivity index (χ1n) is 11.0. The lowest BCUT2D eigenvalue weighted by Gasteiger charge is -2.33. The summed E-state index contributed by atoms with van der Waals surface area (Å²) in [5.74, 6) is -0.877. The summed E-state index contributed by atoms with van der Waals surface area (Å²) in [7, 11) is 1.71. The molecule has 1 atom stereocenters. The molecule has 0 aliphatic carbocycles. The lowest BCUT2D eigenvalue weighted by Crippen LogP contribution is -2.28. The average molecular weight is 486 g/mol. The number of aryl methyl sites for hydroxylation is 2. The number of aromatic nitrogens is 3. The van der Waals surface area contributed by atoms with Crippen LogP contribution < -0.4 is 10.2 Å². The molecular weight excluding hydrogens is 462 g/mol. The topological polar surface area (TPSA) is 126 Å². The van der Waals surface area contributed by atoms with E-state index in [1.807, 2.05) is 0 Å². The maximum atomic E-state index is 14.1. The molecule has 35 heavy (non-hydrogen) atoms. The Bertz CT molecular complexity index is 1280. The van der Waals surface area contributed by atoms with Gasteiger partial charge in [0.2, 0.25) is 0 Å². The lowest BCUT2D eigenvalue weighted by molar-refractivity contribution is -0.384. The molecule has 0 spiro atoms. The van der Waals surface area contributed by atoms with E-state index in [1.165, 1.54) is 24.5 Å². The number of nitro groups is 1. The smallest absolute Gasteiger partial charge is 0.305 e. The summed E-state index contributed by atoms with van der Waals surface area (Å²) in [5.41, 5.74) is 1.84. The average Bonchev–Trinajstić information content (AvgIpc) is 3.23. The minimum Gasteiger partial charge on any atom is -0.481 e. The third-order valence-electron chi connectivity index (χ3n) is 5.85. The van der Waals surface area contributed by atoms with E-state index in [-0.39, 0.29) is 29.2 Å². The largest absolute Gasteiger partial charge is 0.481 e. The van der Waals surface area contributed by atoms with Gasteiger partial charge in [0.15, 0.2) is 11.5 Å². The number of hydrogen-bond donors (Lipinski definition) is 2. The summed E-state index contributed by atoms with van der Waals surface area (Å²) in [6.07, 6.45) is 2.76. The molecule has 0 fully saturated rings. The van der Waals surface area contributed by atoms with E-state index in [1.54, 1.807) is 35.8 Å². The SMILES string of the molecule is CC(CC(=O)O)Nc1c([N+](=O)[O-])ccnc1N1CCCc2cc(-c3cnn(C)c3)c(C(F)F)cc21. The summed E-state index contributed by atoms with van der Waals surface area (Å²) in [6, 6.07) is 3.72. The van der Waals surface area contributed by atoms with Crippen molar-refractivity contribution >= 4 is 28.8 Å². The predicted molar refractivity (Wildman–Crippen MR) is 125 cm³/mol. The Hall–Kier alpha value is -4.09. The number of anilines is 3. The molecule has 2 aromatic heterocycles. The molecule has 3 aromatic rings. The van der Waals surface area contributed by atoms with Crippen molar-refractivity contribution in [1.82, 2.24) is 14.8 Å². The summed E-state index contributed by atoms with van der Waals surface area (Å²) in [5, 5.41) is 27.9. The standard InChI is InChI=1S/C23H24F2N6O4/c1-13(8-20(32)33)28-21-18(31(34)35)5-6-26-23(21)30-7-3-4-14-9-16(15-11-27-29(2)12-15)17(22(24)25)10-19(14)30/h5-6,9-13,22,28H,3-4,7-8H2,1-2H3,(H,32,33). The van der Waals surface area contributed by atoms with Crippen LogP contribution in [0.5, 0.6) is 0 Å². The van der Waals surface area contributed by atoms with Gasteiger partial charge in [-0.05, 0) is 43.0 Å². The van der Waals surface area contributed by atoms with E-state index in [9.17, 15) is 23.7 Å². The molecule has 4 rings (SSSR count). The van der Waals surface area contributed by atoms with Crippen molar-refractivity contribution in [1.29, 1.82) is 0 Å². The van der Waals surface area contributed by atoms with Crippen LogP contribution in [0.15, 0.2) is 36.8 Å². The minimum absolute atomic E-state index is 0.0500. The van der Waals surface area contributed by atoms with Gasteiger partial charge in [0, 0.05) is 54.9 Å². The van der Waals surface area contributed by atoms with Crippen molar-refractivity contribution in [3.05, 3.63) is 58.0 Å². The van der Waals surface area contributed by atoms with E-state index < -0.39 is 23.4 Å². The van der Waals surface area contributed by atoms with E-state index in [2.05, 4.69) is 15.4 Å². The van der Waals surface area contributed by atoms with E-state index >= 15 is 0 Å². The minimum atomic E-state index is -2.76. The second-order valence-electron chi connectivity index (χ2n) is 8.46. The molecule has 12 heteroatoms. The van der Waals surface area contributed by atoms with Gasteiger partial charge in [0.05, 0.1) is 17.5 Å². The van der Waals surface area contributed by atoms with Gasteiger partial charge >= 0.3 is 5.97 Å². The first-order chi connectivity index (χ1) is 16.7. The third kappa shape index (κ3) is 4.91. The Morgan fingerprint density at radius 1 is 1.37 bits per heavy atom. The molecule has 184 valence electrons. The number of aliphatic carboxylic acids is 1. The Morgan fingerprint density at radius 3 is 2.77 bits per heavy atom. The van der Waals surface area contributed by atoms with Crippen molar-refractivity contribution in [2.45, 2.75) is 38.7 Å². The number of halogens is 2. The van der Waals surface area contributed by atoms with Crippen LogP contribution in [0.3, 0.4) is 0 Å². The molecular formula is C23H24F2N6O4. The second kappa shape index (κ2) is 9.65. The number of nitrogens with zero attached hydrogens (tertiary/aromatic N) is 5. The van der Waals surface area contributed by atoms with Crippen LogP contribution in [0.4, 0.5) is 31.7 Å². The van der Waals surface area contributed by atoms with E-state index in [0.717, 1.165) is 5.56 Å². The zero-order valence-corrected chi connectivity index (χ0v) is 19.1. The molecule has 1 unspecified atom stereocenters. The van der Waals surface area contributed by atoms with E-state index in [4.69, 9.17) is 5.11 Å². The lowest BCUT2D eigenvalue weighted by atomic mass is 9.93. The maximum absolute atomic E-state index is 14.1. The van der Waals surface area contributed by atoms with Crippen LogP contribution in [0.1, 0.15) is 37.3 Å². The summed E-state index contributed by atoms with van der Waals surface area (Å²) in [6.45, 7) is 1.99. The number of carboxylic acid groups (broad SMARTS) is 1. The summed E-state index contributed by atoms with van der Waals surface area (Å²) in [4.78, 5) is 28.3. The summed E-state index contributed by atoms with van der Waals surface area (Å²) < 4.78 is 29.8. The molecule has 0 saturated carbocycles. The zero-order chi connectivity index (χ0) is 25.3. The Kier molecular flexibility index (Phi) is 6.63. The molecule has 2 N–H and O–H groups in total. The van der Waals surface area contributed by atoms with Crippen molar-refractivity contribution < 1.29 is 23.6 Å².